The third kappa shape index (κ3) is 4.05. The molecule has 0 amide bonds. The minimum atomic E-state index is 0.414. The average molecular weight is 299 g/mol. The molecule has 0 saturated heterocycles. The van der Waals surface area contributed by atoms with E-state index in [0.717, 1.165) is 28.8 Å². The van der Waals surface area contributed by atoms with Crippen LogP contribution in [0.5, 0.6) is 5.75 Å². The van der Waals surface area contributed by atoms with Crippen molar-refractivity contribution in [1.29, 1.82) is 0 Å². The summed E-state index contributed by atoms with van der Waals surface area (Å²) in [4.78, 5) is 4.69. The van der Waals surface area contributed by atoms with Crippen molar-refractivity contribution in [2.24, 2.45) is 10.9 Å². The Balaban J connectivity index is 2.05. The Bertz CT molecular complexity index is 477. The fraction of sp³-hybridized carbons (Fsp3) is 0.500. The van der Waals surface area contributed by atoms with Crippen LogP contribution in [0.1, 0.15) is 20.3 Å². The number of hydrogen-bond acceptors (Lipinski definition) is 4. The van der Waals surface area contributed by atoms with Crippen LogP contribution < -0.4 is 10.1 Å². The summed E-state index contributed by atoms with van der Waals surface area (Å²) < 4.78 is 5.20. The normalized spacial score (nSPS) is 18.6. The molecule has 0 radical (unpaired) electrons. The maximum Gasteiger partial charge on any atom is 0.161 e. The fourth-order valence-corrected chi connectivity index (χ4v) is 3.12. The van der Waals surface area contributed by atoms with Gasteiger partial charge < -0.3 is 10.1 Å². The van der Waals surface area contributed by atoms with E-state index in [1.165, 1.54) is 0 Å². The topological polar surface area (TPSA) is 33.6 Å². The van der Waals surface area contributed by atoms with Crippen LogP contribution in [0.2, 0.25) is 5.02 Å². The van der Waals surface area contributed by atoms with Crippen LogP contribution in [0.25, 0.3) is 0 Å². The van der Waals surface area contributed by atoms with Gasteiger partial charge in [0.25, 0.3) is 0 Å². The van der Waals surface area contributed by atoms with E-state index in [0.29, 0.717) is 17.0 Å². The summed E-state index contributed by atoms with van der Waals surface area (Å²) in [6.07, 6.45) is 1.13. The number of ether oxygens (including phenoxy) is 1. The molecule has 0 bridgehead atoms. The van der Waals surface area contributed by atoms with Gasteiger partial charge in [-0.25, -0.2) is 0 Å². The van der Waals surface area contributed by atoms with Gasteiger partial charge in [0.05, 0.1) is 23.9 Å². The Kier molecular flexibility index (Phi) is 4.99. The van der Waals surface area contributed by atoms with Crippen molar-refractivity contribution < 1.29 is 4.74 Å². The van der Waals surface area contributed by atoms with Gasteiger partial charge in [-0.1, -0.05) is 37.2 Å². The molecule has 1 N–H and O–H groups in total. The van der Waals surface area contributed by atoms with E-state index in [1.807, 2.05) is 18.2 Å². The second-order valence-electron chi connectivity index (χ2n) is 5.00. The van der Waals surface area contributed by atoms with Gasteiger partial charge in [0.15, 0.2) is 5.17 Å². The molecule has 1 aromatic carbocycles. The Morgan fingerprint density at radius 2 is 2.32 bits per heavy atom. The molecule has 1 atom stereocenters. The summed E-state index contributed by atoms with van der Waals surface area (Å²) in [5, 5.41) is 4.91. The number of hydrogen-bond donors (Lipinski definition) is 1. The van der Waals surface area contributed by atoms with E-state index in [-0.39, 0.29) is 0 Å². The van der Waals surface area contributed by atoms with Crippen LogP contribution in [0.15, 0.2) is 23.2 Å². The van der Waals surface area contributed by atoms with Gasteiger partial charge in [-0.15, -0.1) is 0 Å². The maximum atomic E-state index is 6.17. The van der Waals surface area contributed by atoms with Crippen LogP contribution in [0, 0.1) is 5.92 Å². The highest BCUT2D eigenvalue weighted by Gasteiger charge is 2.19. The van der Waals surface area contributed by atoms with Crippen molar-refractivity contribution in [3.8, 4) is 5.75 Å². The molecule has 104 valence electrons. The average Bonchev–Trinajstić information content (AvgIpc) is 2.78. The lowest BCUT2D eigenvalue weighted by Gasteiger charge is -2.09. The molecule has 0 fully saturated rings. The molecule has 1 aliphatic rings. The molecule has 1 heterocycles. The lowest BCUT2D eigenvalue weighted by atomic mass is 10.1. The maximum absolute atomic E-state index is 6.17. The Morgan fingerprint density at radius 1 is 1.53 bits per heavy atom. The predicted molar refractivity (Wildman–Crippen MR) is 84.8 cm³/mol. The molecule has 0 aromatic heterocycles. The van der Waals surface area contributed by atoms with Gasteiger partial charge >= 0.3 is 0 Å². The lowest BCUT2D eigenvalue weighted by Crippen LogP contribution is -2.08. The molecular formula is C14H19ClN2OS. The van der Waals surface area contributed by atoms with Crippen LogP contribution in [-0.2, 0) is 0 Å². The zero-order valence-corrected chi connectivity index (χ0v) is 13.0. The van der Waals surface area contributed by atoms with Crippen molar-refractivity contribution in [2.75, 3.05) is 18.2 Å². The standard InChI is InChI=1S/C14H19ClN2OS/c1-9(2)6-10-8-19-14(16-10)17-13-7-11(18-3)4-5-12(13)15/h4-5,7,9-10H,6,8H2,1-3H3,(H,16,17). The van der Waals surface area contributed by atoms with Crippen LogP contribution in [-0.4, -0.2) is 24.1 Å². The van der Waals surface area contributed by atoms with Crippen molar-refractivity contribution in [2.45, 2.75) is 26.3 Å². The Labute approximate surface area is 123 Å². The lowest BCUT2D eigenvalue weighted by molar-refractivity contribution is 0.415. The molecule has 5 heteroatoms. The number of halogens is 1. The molecule has 0 saturated carbocycles. The summed E-state index contributed by atoms with van der Waals surface area (Å²) in [5.74, 6) is 2.51. The zero-order chi connectivity index (χ0) is 13.8. The highest BCUT2D eigenvalue weighted by atomic mass is 35.5. The van der Waals surface area contributed by atoms with E-state index in [4.69, 9.17) is 16.3 Å². The highest BCUT2D eigenvalue weighted by molar-refractivity contribution is 8.14. The molecular weight excluding hydrogens is 280 g/mol. The van der Waals surface area contributed by atoms with Crippen LogP contribution in [0.4, 0.5) is 5.69 Å². The zero-order valence-electron chi connectivity index (χ0n) is 11.4. The molecule has 1 aromatic rings. The molecule has 1 unspecified atom stereocenters. The molecule has 1 aliphatic heterocycles. The number of anilines is 1. The number of rotatable bonds is 4. The summed E-state index contributed by atoms with van der Waals surface area (Å²) in [7, 11) is 1.65. The minimum absolute atomic E-state index is 0.414. The summed E-state index contributed by atoms with van der Waals surface area (Å²) >= 11 is 7.92. The van der Waals surface area contributed by atoms with Crippen molar-refractivity contribution in [1.82, 2.24) is 0 Å². The summed E-state index contributed by atoms with van der Waals surface area (Å²) in [6.45, 7) is 4.45. The fourth-order valence-electron chi connectivity index (χ4n) is 1.99. The number of aliphatic imine (C=N–C) groups is 1. The second kappa shape index (κ2) is 6.53. The summed E-state index contributed by atoms with van der Waals surface area (Å²) in [6, 6.07) is 5.98. The van der Waals surface area contributed by atoms with Gasteiger partial charge in [0, 0.05) is 11.8 Å². The van der Waals surface area contributed by atoms with Crippen molar-refractivity contribution >= 4 is 34.2 Å². The smallest absolute Gasteiger partial charge is 0.161 e. The number of nitrogens with zero attached hydrogens (tertiary/aromatic N) is 1. The quantitative estimate of drug-likeness (QED) is 0.901. The number of thioether (sulfide) groups is 1. The third-order valence-corrected chi connectivity index (χ3v) is 4.23. The number of benzene rings is 1. The van der Waals surface area contributed by atoms with Crippen molar-refractivity contribution in [3.63, 3.8) is 0 Å². The van der Waals surface area contributed by atoms with E-state index in [2.05, 4.69) is 24.2 Å². The number of amidine groups is 1. The highest BCUT2D eigenvalue weighted by Crippen LogP contribution is 2.30. The number of methoxy groups -OCH3 is 1. The molecule has 19 heavy (non-hydrogen) atoms. The van der Waals surface area contributed by atoms with Gasteiger partial charge in [0.1, 0.15) is 5.75 Å². The number of nitrogens with one attached hydrogen (secondary N) is 1. The monoisotopic (exact) mass is 298 g/mol. The third-order valence-electron chi connectivity index (χ3n) is 2.87. The Morgan fingerprint density at radius 3 is 3.00 bits per heavy atom. The first kappa shape index (κ1) is 14.5. The van der Waals surface area contributed by atoms with Crippen LogP contribution >= 0.6 is 23.4 Å². The predicted octanol–water partition coefficient (Wildman–Crippen LogP) is 4.28. The van der Waals surface area contributed by atoms with Crippen molar-refractivity contribution in [3.05, 3.63) is 23.2 Å². The molecule has 0 aliphatic carbocycles. The Hall–Kier alpha value is -0.870. The summed E-state index contributed by atoms with van der Waals surface area (Å²) in [5.41, 5.74) is 0.845. The van der Waals surface area contributed by atoms with E-state index in [1.54, 1.807) is 18.9 Å². The van der Waals surface area contributed by atoms with E-state index < -0.39 is 0 Å². The van der Waals surface area contributed by atoms with Gasteiger partial charge in [0.2, 0.25) is 0 Å². The molecule has 3 nitrogen and oxygen atoms in total. The largest absolute Gasteiger partial charge is 0.497 e. The minimum Gasteiger partial charge on any atom is -0.497 e. The second-order valence-corrected chi connectivity index (χ2v) is 6.42. The first-order chi connectivity index (χ1) is 9.08. The molecule has 0 spiro atoms. The van der Waals surface area contributed by atoms with Gasteiger partial charge in [-0.2, -0.15) is 0 Å². The first-order valence-electron chi connectivity index (χ1n) is 6.39. The van der Waals surface area contributed by atoms with Gasteiger partial charge in [-0.05, 0) is 24.5 Å². The van der Waals surface area contributed by atoms with Crippen LogP contribution in [0.3, 0.4) is 0 Å². The molecule has 2 rings (SSSR count). The first-order valence-corrected chi connectivity index (χ1v) is 7.76. The van der Waals surface area contributed by atoms with E-state index >= 15 is 0 Å². The van der Waals surface area contributed by atoms with E-state index in [9.17, 15) is 0 Å². The SMILES string of the molecule is COc1ccc(Cl)c(NC2=NC(CC(C)C)CS2)c1. The van der Waals surface area contributed by atoms with Gasteiger partial charge in [-0.3, -0.25) is 4.99 Å².